The molecule has 23 heavy (non-hydrogen) atoms. The zero-order valence-electron chi connectivity index (χ0n) is 13.0. The monoisotopic (exact) mass is 313 g/mol. The molecule has 120 valence electrons. The molecule has 1 fully saturated rings. The summed E-state index contributed by atoms with van der Waals surface area (Å²) in [6, 6.07) is 3.84. The van der Waals surface area contributed by atoms with Gasteiger partial charge in [0.2, 0.25) is 12.3 Å². The largest absolute Gasteiger partial charge is 0.342 e. The molecule has 0 bridgehead atoms. The lowest BCUT2D eigenvalue weighted by Gasteiger charge is -2.33. The first-order valence-corrected chi connectivity index (χ1v) is 8.12. The fourth-order valence-corrected chi connectivity index (χ4v) is 3.82. The Balaban J connectivity index is 1.61. The molecule has 0 N–H and O–H groups in total. The van der Waals surface area contributed by atoms with Crippen LogP contribution >= 0.6 is 0 Å². The van der Waals surface area contributed by atoms with Gasteiger partial charge in [0.25, 0.3) is 5.91 Å². The van der Waals surface area contributed by atoms with Gasteiger partial charge >= 0.3 is 0 Å². The van der Waals surface area contributed by atoms with Gasteiger partial charge in [0, 0.05) is 38.3 Å². The molecule has 0 saturated carbocycles. The fraction of sp³-hybridized carbons (Fsp3) is 0.471. The zero-order valence-corrected chi connectivity index (χ0v) is 13.0. The van der Waals surface area contributed by atoms with Gasteiger partial charge in [0.1, 0.15) is 0 Å². The molecule has 6 heteroatoms. The van der Waals surface area contributed by atoms with Crippen molar-refractivity contribution in [2.45, 2.75) is 19.3 Å². The Morgan fingerprint density at radius 2 is 1.78 bits per heavy atom. The van der Waals surface area contributed by atoms with Crippen LogP contribution in [0.3, 0.4) is 0 Å². The van der Waals surface area contributed by atoms with Crippen molar-refractivity contribution < 1.29 is 14.4 Å². The summed E-state index contributed by atoms with van der Waals surface area (Å²) in [6.45, 7) is 3.09. The number of hydrogen-bond acceptors (Lipinski definition) is 3. The molecule has 1 saturated heterocycles. The van der Waals surface area contributed by atoms with Crippen LogP contribution in [0.15, 0.2) is 12.1 Å². The highest BCUT2D eigenvalue weighted by molar-refractivity contribution is 6.04. The van der Waals surface area contributed by atoms with E-state index >= 15 is 0 Å². The van der Waals surface area contributed by atoms with E-state index in [1.54, 1.807) is 9.80 Å². The van der Waals surface area contributed by atoms with Crippen molar-refractivity contribution in [3.63, 3.8) is 0 Å². The smallest absolute Gasteiger partial charge is 0.253 e. The minimum Gasteiger partial charge on any atom is -0.342 e. The predicted molar refractivity (Wildman–Crippen MR) is 84.4 cm³/mol. The molecule has 4 rings (SSSR count). The van der Waals surface area contributed by atoms with Crippen molar-refractivity contribution in [2.75, 3.05) is 37.6 Å². The predicted octanol–water partition coefficient (Wildman–Crippen LogP) is 0.436. The highest BCUT2D eigenvalue weighted by Gasteiger charge is 2.33. The lowest BCUT2D eigenvalue weighted by Crippen LogP contribution is -2.48. The molecule has 6 nitrogen and oxygen atoms in total. The van der Waals surface area contributed by atoms with Gasteiger partial charge in [-0.3, -0.25) is 14.4 Å². The number of rotatable bonds is 2. The minimum atomic E-state index is 0.00562. The van der Waals surface area contributed by atoms with Crippen LogP contribution in [0.25, 0.3) is 0 Å². The molecule has 0 aliphatic carbocycles. The molecule has 0 radical (unpaired) electrons. The number of aryl methyl sites for hydroxylation is 1. The van der Waals surface area contributed by atoms with Crippen LogP contribution in [0.2, 0.25) is 0 Å². The van der Waals surface area contributed by atoms with Crippen molar-refractivity contribution in [2.24, 2.45) is 0 Å². The Morgan fingerprint density at radius 1 is 1.04 bits per heavy atom. The minimum absolute atomic E-state index is 0.00562. The quantitative estimate of drug-likeness (QED) is 0.744. The van der Waals surface area contributed by atoms with Crippen LogP contribution in [0, 0.1) is 0 Å². The summed E-state index contributed by atoms with van der Waals surface area (Å²) in [5.74, 6) is 0.149. The van der Waals surface area contributed by atoms with Crippen LogP contribution in [0.1, 0.15) is 27.9 Å². The van der Waals surface area contributed by atoms with E-state index in [2.05, 4.69) is 0 Å². The van der Waals surface area contributed by atoms with E-state index in [1.807, 2.05) is 17.0 Å². The number of nitrogens with zero attached hydrogens (tertiary/aromatic N) is 3. The van der Waals surface area contributed by atoms with Gasteiger partial charge in [-0.1, -0.05) is 0 Å². The Hall–Kier alpha value is -2.37. The number of carbonyl (C=O) groups is 3. The first-order chi connectivity index (χ1) is 11.2. The number of hydrogen-bond donors (Lipinski definition) is 0. The molecule has 3 aliphatic rings. The molecule has 3 amide bonds. The van der Waals surface area contributed by atoms with Gasteiger partial charge < -0.3 is 14.7 Å². The summed E-state index contributed by atoms with van der Waals surface area (Å²) < 4.78 is 0. The summed E-state index contributed by atoms with van der Waals surface area (Å²) in [7, 11) is 0. The van der Waals surface area contributed by atoms with E-state index in [-0.39, 0.29) is 11.8 Å². The number of carbonyl (C=O) groups excluding carboxylic acids is 3. The lowest BCUT2D eigenvalue weighted by molar-refractivity contribution is -0.119. The molecule has 1 aromatic carbocycles. The number of piperazine rings is 1. The van der Waals surface area contributed by atoms with E-state index in [0.29, 0.717) is 38.2 Å². The summed E-state index contributed by atoms with van der Waals surface area (Å²) in [6.07, 6.45) is 3.11. The van der Waals surface area contributed by atoms with Gasteiger partial charge in [-0.2, -0.15) is 0 Å². The summed E-state index contributed by atoms with van der Waals surface area (Å²) in [5, 5.41) is 0. The first-order valence-electron chi connectivity index (χ1n) is 8.12. The van der Waals surface area contributed by atoms with Gasteiger partial charge in [0.15, 0.2) is 0 Å². The number of amides is 3. The maximum Gasteiger partial charge on any atom is 0.253 e. The van der Waals surface area contributed by atoms with Crippen LogP contribution in [0.5, 0.6) is 0 Å². The molecule has 0 unspecified atom stereocenters. The van der Waals surface area contributed by atoms with Crippen molar-refractivity contribution >= 4 is 23.9 Å². The Labute approximate surface area is 134 Å². The molecular formula is C17H19N3O3. The SMILES string of the molecule is O=CN1CCN(C(=O)c2cc3c4c(c2)CC(=O)N4CCC3)CC1. The van der Waals surface area contributed by atoms with Crippen molar-refractivity contribution in [1.82, 2.24) is 9.80 Å². The van der Waals surface area contributed by atoms with Gasteiger partial charge in [0.05, 0.1) is 12.1 Å². The lowest BCUT2D eigenvalue weighted by atomic mass is 9.96. The molecule has 3 heterocycles. The van der Waals surface area contributed by atoms with E-state index in [1.165, 1.54) is 0 Å². The third-order valence-corrected chi connectivity index (χ3v) is 5.01. The molecular weight excluding hydrogens is 294 g/mol. The van der Waals surface area contributed by atoms with Crippen molar-refractivity contribution in [3.05, 3.63) is 28.8 Å². The zero-order chi connectivity index (χ0) is 16.0. The molecule has 3 aliphatic heterocycles. The highest BCUT2D eigenvalue weighted by Crippen LogP contribution is 2.37. The summed E-state index contributed by atoms with van der Waals surface area (Å²) in [4.78, 5) is 41.0. The molecule has 0 aromatic heterocycles. The Kier molecular flexibility index (Phi) is 3.32. The van der Waals surface area contributed by atoms with E-state index in [4.69, 9.17) is 0 Å². The van der Waals surface area contributed by atoms with Crippen molar-refractivity contribution in [3.8, 4) is 0 Å². The second-order valence-corrected chi connectivity index (χ2v) is 6.40. The maximum absolute atomic E-state index is 12.8. The Bertz CT molecular complexity index is 693. The molecule has 0 atom stereocenters. The van der Waals surface area contributed by atoms with E-state index in [9.17, 15) is 14.4 Å². The first kappa shape index (κ1) is 14.2. The molecule has 1 aromatic rings. The van der Waals surface area contributed by atoms with Crippen LogP contribution in [0.4, 0.5) is 5.69 Å². The Morgan fingerprint density at radius 3 is 2.52 bits per heavy atom. The van der Waals surface area contributed by atoms with Crippen LogP contribution in [-0.4, -0.2) is 60.7 Å². The second-order valence-electron chi connectivity index (χ2n) is 6.40. The summed E-state index contributed by atoms with van der Waals surface area (Å²) in [5.41, 5.74) is 3.83. The maximum atomic E-state index is 12.8. The standard InChI is InChI=1S/C17H19N3O3/c21-11-18-4-6-19(7-5-18)17(23)14-8-12-2-1-3-20-15(22)10-13(9-14)16(12)20/h8-9,11H,1-7,10H2. The van der Waals surface area contributed by atoms with E-state index in [0.717, 1.165) is 42.6 Å². The topological polar surface area (TPSA) is 60.9 Å². The summed E-state index contributed by atoms with van der Waals surface area (Å²) >= 11 is 0. The highest BCUT2D eigenvalue weighted by atomic mass is 16.2. The third kappa shape index (κ3) is 2.29. The van der Waals surface area contributed by atoms with Crippen molar-refractivity contribution in [1.29, 1.82) is 0 Å². The average Bonchev–Trinajstić information content (AvgIpc) is 2.92. The number of anilines is 1. The second kappa shape index (κ2) is 5.37. The average molecular weight is 313 g/mol. The van der Waals surface area contributed by atoms with Crippen LogP contribution < -0.4 is 4.90 Å². The van der Waals surface area contributed by atoms with Gasteiger partial charge in [-0.15, -0.1) is 0 Å². The van der Waals surface area contributed by atoms with E-state index < -0.39 is 0 Å². The molecule has 0 spiro atoms. The van der Waals surface area contributed by atoms with Gasteiger partial charge in [-0.05, 0) is 36.1 Å². The van der Waals surface area contributed by atoms with Crippen LogP contribution in [-0.2, 0) is 22.4 Å². The normalized spacial score (nSPS) is 19.8. The third-order valence-electron chi connectivity index (χ3n) is 5.01. The number of benzene rings is 1. The fourth-order valence-electron chi connectivity index (χ4n) is 3.82. The van der Waals surface area contributed by atoms with Gasteiger partial charge in [-0.25, -0.2) is 0 Å².